The predicted octanol–water partition coefficient (Wildman–Crippen LogP) is 3.22. The molecule has 2 aliphatic rings. The number of benzene rings is 1. The maximum atomic E-state index is 12.7. The smallest absolute Gasteiger partial charge is 0.410 e. The lowest BCUT2D eigenvalue weighted by Gasteiger charge is -2.26. The second-order valence-corrected chi connectivity index (χ2v) is 10.1. The molecule has 34 heavy (non-hydrogen) atoms. The van der Waals surface area contributed by atoms with Gasteiger partial charge in [-0.1, -0.05) is 11.6 Å². The zero-order valence-corrected chi connectivity index (χ0v) is 19.9. The number of rotatable bonds is 5. The van der Waals surface area contributed by atoms with Crippen molar-refractivity contribution < 1.29 is 24.2 Å². The highest BCUT2D eigenvalue weighted by Gasteiger charge is 2.58. The number of ether oxygens (including phenoxy) is 1. The molecule has 10 heteroatoms. The number of hydrogen-bond donors (Lipinski definition) is 3. The molecule has 0 radical (unpaired) electrons. The Morgan fingerprint density at radius 1 is 1.18 bits per heavy atom. The lowest BCUT2D eigenvalue weighted by molar-refractivity contribution is -0.115. The number of phenols is 1. The van der Waals surface area contributed by atoms with E-state index in [0.29, 0.717) is 29.4 Å². The Labute approximate surface area is 202 Å². The summed E-state index contributed by atoms with van der Waals surface area (Å²) in [6.07, 6.45) is 1.04. The van der Waals surface area contributed by atoms with Gasteiger partial charge in [0.1, 0.15) is 17.0 Å². The maximum Gasteiger partial charge on any atom is 0.410 e. The van der Waals surface area contributed by atoms with E-state index in [9.17, 15) is 19.5 Å². The SMILES string of the molecule is CC(C)(C)OC(=O)N1CC2C(C1)C2NC(=O)c1cc(NC(=O)Cc2cc(Cl)ccc2O)ccn1. The van der Waals surface area contributed by atoms with E-state index >= 15 is 0 Å². The number of carbonyl (C=O) groups excluding carboxylic acids is 3. The molecule has 9 nitrogen and oxygen atoms in total. The number of carbonyl (C=O) groups is 3. The van der Waals surface area contributed by atoms with Crippen molar-refractivity contribution in [3.63, 3.8) is 0 Å². The zero-order valence-electron chi connectivity index (χ0n) is 19.2. The Kier molecular flexibility index (Phi) is 6.40. The number of halogens is 1. The third kappa shape index (κ3) is 5.59. The van der Waals surface area contributed by atoms with E-state index in [4.69, 9.17) is 16.3 Å². The number of hydrogen-bond acceptors (Lipinski definition) is 6. The summed E-state index contributed by atoms with van der Waals surface area (Å²) in [5.74, 6) is -0.329. The number of piperidine rings is 1. The summed E-state index contributed by atoms with van der Waals surface area (Å²) >= 11 is 5.93. The monoisotopic (exact) mass is 486 g/mol. The van der Waals surface area contributed by atoms with Gasteiger partial charge < -0.3 is 25.4 Å². The summed E-state index contributed by atoms with van der Waals surface area (Å²) in [5.41, 5.74) is 0.451. The highest BCUT2D eigenvalue weighted by Crippen LogP contribution is 2.45. The van der Waals surface area contributed by atoms with Crippen LogP contribution in [0.15, 0.2) is 36.5 Å². The lowest BCUT2D eigenvalue weighted by Crippen LogP contribution is -2.40. The normalized spacial score (nSPS) is 20.9. The Morgan fingerprint density at radius 3 is 2.56 bits per heavy atom. The second-order valence-electron chi connectivity index (χ2n) is 9.64. The third-order valence-electron chi connectivity index (χ3n) is 5.81. The molecule has 2 fully saturated rings. The van der Waals surface area contributed by atoms with Crippen LogP contribution in [0.25, 0.3) is 0 Å². The van der Waals surface area contributed by atoms with Gasteiger partial charge in [0.15, 0.2) is 0 Å². The molecular weight excluding hydrogens is 460 g/mol. The van der Waals surface area contributed by atoms with Crippen molar-refractivity contribution in [2.45, 2.75) is 38.8 Å². The molecule has 180 valence electrons. The van der Waals surface area contributed by atoms with Crippen molar-refractivity contribution in [3.05, 3.63) is 52.8 Å². The average Bonchev–Trinajstić information content (AvgIpc) is 3.16. The number of amides is 3. The minimum Gasteiger partial charge on any atom is -0.508 e. The van der Waals surface area contributed by atoms with Crippen LogP contribution < -0.4 is 10.6 Å². The summed E-state index contributed by atoms with van der Waals surface area (Å²) in [4.78, 5) is 43.1. The van der Waals surface area contributed by atoms with Crippen LogP contribution in [-0.2, 0) is 16.0 Å². The fourth-order valence-electron chi connectivity index (χ4n) is 4.15. The molecule has 1 aromatic heterocycles. The predicted molar refractivity (Wildman–Crippen MR) is 126 cm³/mol. The molecule has 0 bridgehead atoms. The van der Waals surface area contributed by atoms with Crippen LogP contribution >= 0.6 is 11.6 Å². The molecule has 1 saturated heterocycles. The molecule has 2 heterocycles. The van der Waals surface area contributed by atoms with Crippen LogP contribution in [0.2, 0.25) is 5.02 Å². The van der Waals surface area contributed by atoms with Gasteiger partial charge in [-0.25, -0.2) is 4.79 Å². The van der Waals surface area contributed by atoms with E-state index in [1.165, 1.54) is 30.5 Å². The Bertz CT molecular complexity index is 1120. The number of aromatic hydroxyl groups is 1. The summed E-state index contributed by atoms with van der Waals surface area (Å²) < 4.78 is 5.41. The topological polar surface area (TPSA) is 121 Å². The van der Waals surface area contributed by atoms with Gasteiger partial charge in [-0.2, -0.15) is 0 Å². The molecule has 1 aliphatic heterocycles. The van der Waals surface area contributed by atoms with Crippen LogP contribution in [-0.4, -0.2) is 57.6 Å². The highest BCUT2D eigenvalue weighted by molar-refractivity contribution is 6.30. The van der Waals surface area contributed by atoms with Gasteiger partial charge in [0.2, 0.25) is 5.91 Å². The van der Waals surface area contributed by atoms with Gasteiger partial charge >= 0.3 is 6.09 Å². The van der Waals surface area contributed by atoms with E-state index in [0.717, 1.165) is 0 Å². The molecule has 1 aliphatic carbocycles. The van der Waals surface area contributed by atoms with Crippen molar-refractivity contribution in [1.29, 1.82) is 0 Å². The fraction of sp³-hybridized carbons (Fsp3) is 0.417. The lowest BCUT2D eigenvalue weighted by atomic mass is 10.1. The molecule has 0 spiro atoms. The van der Waals surface area contributed by atoms with Crippen molar-refractivity contribution in [3.8, 4) is 5.75 Å². The quantitative estimate of drug-likeness (QED) is 0.596. The third-order valence-corrected chi connectivity index (χ3v) is 6.05. The molecule has 1 saturated carbocycles. The first-order valence-corrected chi connectivity index (χ1v) is 11.4. The first kappa shape index (κ1) is 23.8. The van der Waals surface area contributed by atoms with Crippen LogP contribution in [0.4, 0.5) is 10.5 Å². The average molecular weight is 487 g/mol. The molecule has 2 unspecified atom stereocenters. The number of nitrogens with zero attached hydrogens (tertiary/aromatic N) is 2. The first-order chi connectivity index (χ1) is 16.0. The summed E-state index contributed by atoms with van der Waals surface area (Å²) in [6.45, 7) is 6.58. The zero-order chi connectivity index (χ0) is 24.6. The molecule has 4 rings (SSSR count). The van der Waals surface area contributed by atoms with Gasteiger partial charge in [0.25, 0.3) is 5.91 Å². The van der Waals surface area contributed by atoms with E-state index in [2.05, 4.69) is 15.6 Å². The van der Waals surface area contributed by atoms with Gasteiger partial charge in [-0.15, -0.1) is 0 Å². The van der Waals surface area contributed by atoms with Crippen LogP contribution in [0.3, 0.4) is 0 Å². The van der Waals surface area contributed by atoms with Crippen molar-refractivity contribution in [1.82, 2.24) is 15.2 Å². The van der Waals surface area contributed by atoms with E-state index in [1.54, 1.807) is 11.0 Å². The number of fused-ring (bicyclic) bond motifs is 1. The van der Waals surface area contributed by atoms with Crippen molar-refractivity contribution >= 4 is 35.2 Å². The van der Waals surface area contributed by atoms with Gasteiger partial charge in [-0.3, -0.25) is 14.6 Å². The Hall–Kier alpha value is -3.33. The maximum absolute atomic E-state index is 12.7. The van der Waals surface area contributed by atoms with Gasteiger partial charge in [0.05, 0.1) is 6.42 Å². The number of nitrogens with one attached hydrogen (secondary N) is 2. The number of anilines is 1. The fourth-order valence-corrected chi connectivity index (χ4v) is 4.34. The Balaban J connectivity index is 1.29. The molecule has 3 amide bonds. The van der Waals surface area contributed by atoms with Gasteiger partial charge in [0, 0.05) is 53.4 Å². The standard InChI is InChI=1S/C24H27ClN4O5/c1-24(2,3)34-23(33)29-11-16-17(12-29)21(16)28-22(32)18-10-15(6-7-26-18)27-20(31)9-13-8-14(25)4-5-19(13)30/h4-8,10,16-17,21,30H,9,11-12H2,1-3H3,(H,28,32)(H,26,27,31). The minimum absolute atomic E-state index is 0.0166. The van der Waals surface area contributed by atoms with E-state index in [-0.39, 0.29) is 53.6 Å². The Morgan fingerprint density at radius 2 is 1.88 bits per heavy atom. The second kappa shape index (κ2) is 9.13. The van der Waals surface area contributed by atoms with Crippen LogP contribution in [0.5, 0.6) is 5.75 Å². The van der Waals surface area contributed by atoms with Crippen LogP contribution in [0.1, 0.15) is 36.8 Å². The highest BCUT2D eigenvalue weighted by atomic mass is 35.5. The molecule has 1 aromatic carbocycles. The summed E-state index contributed by atoms with van der Waals surface area (Å²) in [5, 5.41) is 16.0. The van der Waals surface area contributed by atoms with E-state index in [1.807, 2.05) is 20.8 Å². The molecular formula is C24H27ClN4O5. The van der Waals surface area contributed by atoms with Crippen LogP contribution in [0, 0.1) is 11.8 Å². The summed E-state index contributed by atoms with van der Waals surface area (Å²) in [6, 6.07) is 7.55. The van der Waals surface area contributed by atoms with Gasteiger partial charge in [-0.05, 0) is 51.1 Å². The first-order valence-electron chi connectivity index (χ1n) is 11.0. The number of phenolic OH excluding ortho intramolecular Hbond substituents is 1. The molecule has 2 aromatic rings. The number of pyridine rings is 1. The van der Waals surface area contributed by atoms with Crippen molar-refractivity contribution in [2.75, 3.05) is 18.4 Å². The largest absolute Gasteiger partial charge is 0.508 e. The summed E-state index contributed by atoms with van der Waals surface area (Å²) in [7, 11) is 0. The number of likely N-dealkylation sites (tertiary alicyclic amines) is 1. The van der Waals surface area contributed by atoms with E-state index < -0.39 is 5.60 Å². The minimum atomic E-state index is -0.544. The molecule has 3 N–H and O–H groups in total. The number of aromatic nitrogens is 1. The van der Waals surface area contributed by atoms with Crippen molar-refractivity contribution in [2.24, 2.45) is 11.8 Å². The molecule has 2 atom stereocenters.